The summed E-state index contributed by atoms with van der Waals surface area (Å²) in [5, 5.41) is 12.2. The number of nitrogens with two attached hydrogens (primary N) is 1. The van der Waals surface area contributed by atoms with Gasteiger partial charge in [0.15, 0.2) is 0 Å². The molecule has 3 atom stereocenters. The number of para-hydroxylation sites is 2. The van der Waals surface area contributed by atoms with Crippen molar-refractivity contribution in [1.29, 1.82) is 0 Å². The number of nitrogens with zero attached hydrogens (tertiary/aromatic N) is 1. The maximum Gasteiger partial charge on any atom is 0.320 e. The number of hydrogen-bond acceptors (Lipinski definition) is 8. The molecule has 9 nitrogen and oxygen atoms in total. The first-order valence-electron chi connectivity index (χ1n) is 15.0. The molecular weight excluding hydrogens is 578 g/mol. The number of hydrazine groups is 1. The van der Waals surface area contributed by atoms with Crippen LogP contribution in [0.5, 0.6) is 0 Å². The molecule has 1 aliphatic carbocycles. The smallest absolute Gasteiger partial charge is 0.320 e. The fourth-order valence-electron chi connectivity index (χ4n) is 6.62. The quantitative estimate of drug-likeness (QED) is 0.0816. The van der Waals surface area contributed by atoms with Crippen molar-refractivity contribution in [3.05, 3.63) is 102 Å². The van der Waals surface area contributed by atoms with E-state index in [1.807, 2.05) is 42.5 Å². The lowest BCUT2D eigenvalue weighted by Gasteiger charge is -2.49. The van der Waals surface area contributed by atoms with Gasteiger partial charge in [0.05, 0.1) is 17.3 Å². The van der Waals surface area contributed by atoms with E-state index in [9.17, 15) is 18.3 Å². The Morgan fingerprint density at radius 3 is 2.34 bits per heavy atom. The van der Waals surface area contributed by atoms with Crippen molar-refractivity contribution in [3.63, 3.8) is 0 Å². The molecule has 5 N–H and O–H groups in total. The van der Waals surface area contributed by atoms with E-state index in [0.717, 1.165) is 37.7 Å². The average molecular weight is 618 g/mol. The van der Waals surface area contributed by atoms with E-state index in [2.05, 4.69) is 29.5 Å². The minimum atomic E-state index is -4.19. The van der Waals surface area contributed by atoms with Crippen molar-refractivity contribution in [1.82, 2.24) is 4.98 Å². The van der Waals surface area contributed by atoms with Gasteiger partial charge >= 0.3 is 5.97 Å². The third-order valence-electron chi connectivity index (χ3n) is 8.78. The van der Waals surface area contributed by atoms with Crippen molar-refractivity contribution in [2.24, 2.45) is 11.8 Å². The molecule has 1 aliphatic heterocycles. The van der Waals surface area contributed by atoms with Gasteiger partial charge in [-0.05, 0) is 67.3 Å². The van der Waals surface area contributed by atoms with Crippen LogP contribution in [-0.4, -0.2) is 40.7 Å². The number of esters is 1. The summed E-state index contributed by atoms with van der Waals surface area (Å²) in [5.74, 6) is 5.55. The fourth-order valence-corrected chi connectivity index (χ4v) is 7.28. The summed E-state index contributed by atoms with van der Waals surface area (Å²) in [4.78, 5) is 17.5. The summed E-state index contributed by atoms with van der Waals surface area (Å²) < 4.78 is 37.2. The number of nitrogen functional groups attached to an aromatic ring is 1. The first kappa shape index (κ1) is 31.6. The van der Waals surface area contributed by atoms with E-state index in [1.54, 1.807) is 24.3 Å². The monoisotopic (exact) mass is 617 g/mol. The van der Waals surface area contributed by atoms with Crippen LogP contribution in [-0.2, 0) is 31.5 Å². The molecule has 1 aromatic heterocycles. The minimum Gasteiger partial charge on any atom is -0.458 e. The number of benzene rings is 3. The topological polar surface area (TPSA) is 152 Å². The number of ether oxygens (including phenoxy) is 1. The maximum atomic E-state index is 13.7. The Morgan fingerprint density at radius 2 is 1.68 bits per heavy atom. The van der Waals surface area contributed by atoms with Crippen LogP contribution in [0.4, 0.5) is 5.69 Å². The average Bonchev–Trinajstić information content (AvgIpc) is 3.86. The molecular formula is C34H39N3O6S. The zero-order chi connectivity index (χ0) is 31.4. The number of nitrogens with one attached hydrogen (secondary N) is 1. The SMILES string of the molecule is CCCC1(CCc2ccccc2)CC(O)C(c2ccccc2NN)(C2CC2)C(=O)O1.O=S(=O)(O)c1cccc2cccnc12. The lowest BCUT2D eigenvalue weighted by Crippen LogP contribution is -2.60. The summed E-state index contributed by atoms with van der Waals surface area (Å²) in [6, 6.07) is 25.8. The van der Waals surface area contributed by atoms with Crippen LogP contribution < -0.4 is 11.3 Å². The highest BCUT2D eigenvalue weighted by Gasteiger charge is 2.63. The predicted molar refractivity (Wildman–Crippen MR) is 169 cm³/mol. The van der Waals surface area contributed by atoms with Crippen LogP contribution >= 0.6 is 0 Å². The van der Waals surface area contributed by atoms with Crippen LogP contribution in [0.25, 0.3) is 10.9 Å². The standard InChI is InChI=1S/C25H32N2O3.C9H7NO3S/c1-2-15-24(16-14-18-8-4-3-5-9-18)17-22(28)25(19-12-13-19,23(29)30-24)20-10-6-7-11-21(20)27-26;11-14(12,13)8-5-1-3-7-4-2-6-10-9(7)8/h3-11,19,22,27-28H,2,12-17,26H2,1H3;1-6H,(H,11,12,13). The molecule has 10 heteroatoms. The normalized spacial score (nSPS) is 23.4. The van der Waals surface area contributed by atoms with E-state index >= 15 is 0 Å². The molecule has 0 bridgehead atoms. The minimum absolute atomic E-state index is 0.0863. The van der Waals surface area contributed by atoms with Crippen LogP contribution in [0, 0.1) is 5.92 Å². The second-order valence-corrected chi connectivity index (χ2v) is 13.1. The van der Waals surface area contributed by atoms with Gasteiger partial charge in [-0.1, -0.05) is 80.1 Å². The molecule has 0 amide bonds. The van der Waals surface area contributed by atoms with Gasteiger partial charge in [0, 0.05) is 18.0 Å². The third-order valence-corrected chi connectivity index (χ3v) is 9.66. The first-order valence-corrected chi connectivity index (χ1v) is 16.4. The van der Waals surface area contributed by atoms with Crippen LogP contribution in [0.2, 0.25) is 0 Å². The zero-order valence-electron chi connectivity index (χ0n) is 24.7. The van der Waals surface area contributed by atoms with E-state index in [0.29, 0.717) is 23.9 Å². The van der Waals surface area contributed by atoms with Crippen molar-refractivity contribution >= 4 is 32.7 Å². The number of hydrogen-bond donors (Lipinski definition) is 4. The molecule has 1 saturated carbocycles. The van der Waals surface area contributed by atoms with E-state index < -0.39 is 27.2 Å². The van der Waals surface area contributed by atoms with Gasteiger partial charge in [-0.25, -0.2) is 0 Å². The lowest BCUT2D eigenvalue weighted by atomic mass is 9.65. The van der Waals surface area contributed by atoms with Gasteiger partial charge in [0.25, 0.3) is 10.1 Å². The number of aromatic nitrogens is 1. The molecule has 2 heterocycles. The number of carbonyl (C=O) groups is 1. The number of aryl methyl sites for hydroxylation is 1. The molecule has 6 rings (SSSR count). The Balaban J connectivity index is 0.000000229. The van der Waals surface area contributed by atoms with E-state index in [-0.39, 0.29) is 22.3 Å². The van der Waals surface area contributed by atoms with Crippen molar-refractivity contribution in [2.45, 2.75) is 73.9 Å². The number of aliphatic hydroxyl groups is 1. The predicted octanol–water partition coefficient (Wildman–Crippen LogP) is 5.58. The third kappa shape index (κ3) is 6.34. The van der Waals surface area contributed by atoms with Crippen LogP contribution in [0.15, 0.2) is 96.0 Å². The molecule has 232 valence electrons. The van der Waals surface area contributed by atoms with Gasteiger partial charge in [0.1, 0.15) is 15.9 Å². The summed E-state index contributed by atoms with van der Waals surface area (Å²) in [5.41, 5.74) is 3.96. The van der Waals surface area contributed by atoms with Crippen LogP contribution in [0.1, 0.15) is 56.6 Å². The fraction of sp³-hybridized carbons (Fsp3) is 0.353. The van der Waals surface area contributed by atoms with Crippen LogP contribution in [0.3, 0.4) is 0 Å². The highest BCUT2D eigenvalue weighted by molar-refractivity contribution is 7.86. The summed E-state index contributed by atoms with van der Waals surface area (Å²) in [6.45, 7) is 2.10. The molecule has 2 fully saturated rings. The highest BCUT2D eigenvalue weighted by atomic mass is 32.2. The molecule has 4 aromatic rings. The van der Waals surface area contributed by atoms with E-state index in [1.165, 1.54) is 17.8 Å². The number of fused-ring (bicyclic) bond motifs is 1. The molecule has 3 aromatic carbocycles. The highest BCUT2D eigenvalue weighted by Crippen LogP contribution is 2.56. The Morgan fingerprint density at radius 1 is 0.977 bits per heavy atom. The number of aliphatic hydroxyl groups excluding tert-OH is 1. The second-order valence-electron chi connectivity index (χ2n) is 11.7. The molecule has 2 aliphatic rings. The van der Waals surface area contributed by atoms with E-state index in [4.69, 9.17) is 15.1 Å². The van der Waals surface area contributed by atoms with Gasteiger partial charge in [-0.15, -0.1) is 0 Å². The number of rotatable bonds is 9. The van der Waals surface area contributed by atoms with Gasteiger partial charge < -0.3 is 15.3 Å². The van der Waals surface area contributed by atoms with Gasteiger partial charge in [-0.2, -0.15) is 8.42 Å². The Hall–Kier alpha value is -3.83. The summed E-state index contributed by atoms with van der Waals surface area (Å²) in [6.07, 6.45) is 6.14. The summed E-state index contributed by atoms with van der Waals surface area (Å²) >= 11 is 0. The second kappa shape index (κ2) is 13.0. The molecule has 44 heavy (non-hydrogen) atoms. The Labute approximate surface area is 258 Å². The number of pyridine rings is 1. The zero-order valence-corrected chi connectivity index (χ0v) is 25.5. The number of cyclic esters (lactones) is 1. The number of carbonyl (C=O) groups excluding carboxylic acids is 1. The molecule has 3 unspecified atom stereocenters. The van der Waals surface area contributed by atoms with Gasteiger partial charge in [-0.3, -0.25) is 20.2 Å². The molecule has 0 radical (unpaired) electrons. The molecule has 0 spiro atoms. The first-order chi connectivity index (χ1) is 21.1. The maximum absolute atomic E-state index is 13.7. The van der Waals surface area contributed by atoms with Crippen molar-refractivity contribution in [3.8, 4) is 0 Å². The summed E-state index contributed by atoms with van der Waals surface area (Å²) in [7, 11) is -4.19. The van der Waals surface area contributed by atoms with Gasteiger partial charge in [0.2, 0.25) is 0 Å². The van der Waals surface area contributed by atoms with Crippen molar-refractivity contribution < 1.29 is 27.6 Å². The Kier molecular flexibility index (Phi) is 9.36. The van der Waals surface area contributed by atoms with Crippen molar-refractivity contribution in [2.75, 3.05) is 5.43 Å². The lowest BCUT2D eigenvalue weighted by molar-refractivity contribution is -0.197. The Bertz CT molecular complexity index is 1710. The molecule has 1 saturated heterocycles. The largest absolute Gasteiger partial charge is 0.458 e. The number of anilines is 1.